The number of aromatic carboxylic acids is 1. The minimum Gasteiger partial charge on any atom is -0.478 e. The van der Waals surface area contributed by atoms with E-state index in [0.717, 1.165) is 0 Å². The van der Waals surface area contributed by atoms with E-state index in [1.54, 1.807) is 13.8 Å². The summed E-state index contributed by atoms with van der Waals surface area (Å²) in [6, 6.07) is 2.73. The number of nitrogens with two attached hydrogens (primary N) is 1. The molecule has 7 heteroatoms. The molecular weight excluding hydrogens is 258 g/mol. The Bertz CT molecular complexity index is 488. The summed E-state index contributed by atoms with van der Waals surface area (Å²) < 4.78 is 0. The van der Waals surface area contributed by atoms with Crippen LogP contribution < -0.4 is 11.1 Å². The Morgan fingerprint density at radius 3 is 2.61 bits per heavy atom. The summed E-state index contributed by atoms with van der Waals surface area (Å²) >= 11 is 5.70. The highest BCUT2D eigenvalue weighted by molar-refractivity contribution is 6.29. The third kappa shape index (κ3) is 3.33. The molecule has 0 aliphatic rings. The van der Waals surface area contributed by atoms with Crippen LogP contribution in [0.1, 0.15) is 24.2 Å². The molecule has 0 bridgehead atoms. The molecule has 1 rings (SSSR count). The molecule has 0 saturated heterocycles. The first-order chi connectivity index (χ1) is 8.24. The largest absolute Gasteiger partial charge is 0.478 e. The van der Waals surface area contributed by atoms with Gasteiger partial charge in [0, 0.05) is 6.54 Å². The average molecular weight is 272 g/mol. The minimum atomic E-state index is -1.13. The van der Waals surface area contributed by atoms with Gasteiger partial charge in [-0.05, 0) is 26.0 Å². The van der Waals surface area contributed by atoms with Gasteiger partial charge in [-0.1, -0.05) is 11.6 Å². The van der Waals surface area contributed by atoms with Crippen molar-refractivity contribution in [1.82, 2.24) is 4.98 Å². The Kier molecular flexibility index (Phi) is 4.13. The number of hydrogen-bond acceptors (Lipinski definition) is 4. The summed E-state index contributed by atoms with van der Waals surface area (Å²) in [5.41, 5.74) is 4.39. The number of hydrogen-bond donors (Lipinski definition) is 3. The number of nitrogens with zero attached hydrogens (tertiary/aromatic N) is 1. The van der Waals surface area contributed by atoms with E-state index in [4.69, 9.17) is 22.4 Å². The molecule has 0 fully saturated rings. The maximum atomic E-state index is 11.1. The van der Waals surface area contributed by atoms with Crippen LogP contribution in [0.15, 0.2) is 12.1 Å². The number of carbonyl (C=O) groups is 2. The van der Waals surface area contributed by atoms with Crippen molar-refractivity contribution in [2.75, 3.05) is 11.9 Å². The van der Waals surface area contributed by atoms with E-state index in [2.05, 4.69) is 10.3 Å². The van der Waals surface area contributed by atoms with Crippen LogP contribution in [0, 0.1) is 5.41 Å². The van der Waals surface area contributed by atoms with Gasteiger partial charge in [-0.15, -0.1) is 0 Å². The van der Waals surface area contributed by atoms with Gasteiger partial charge in [0.25, 0.3) is 0 Å². The standard InChI is InChI=1S/C11H14ClN3O3/c1-11(2,10(13)18)5-14-8-6(9(16)17)3-4-7(12)15-8/h3-4H,5H2,1-2H3,(H2,13,18)(H,14,15)(H,16,17). The lowest BCUT2D eigenvalue weighted by atomic mass is 9.93. The van der Waals surface area contributed by atoms with E-state index in [0.29, 0.717) is 0 Å². The Hall–Kier alpha value is -1.82. The second-order valence-electron chi connectivity index (χ2n) is 4.44. The molecule has 0 unspecified atom stereocenters. The van der Waals surface area contributed by atoms with Gasteiger partial charge in [0.1, 0.15) is 16.5 Å². The SMILES string of the molecule is CC(C)(CNc1nc(Cl)ccc1C(=O)O)C(N)=O. The van der Waals surface area contributed by atoms with Crippen LogP contribution in [0.2, 0.25) is 5.15 Å². The normalized spacial score (nSPS) is 11.1. The second-order valence-corrected chi connectivity index (χ2v) is 4.82. The zero-order valence-corrected chi connectivity index (χ0v) is 10.8. The quantitative estimate of drug-likeness (QED) is 0.701. The van der Waals surface area contributed by atoms with Gasteiger partial charge >= 0.3 is 5.97 Å². The molecule has 18 heavy (non-hydrogen) atoms. The predicted molar refractivity (Wildman–Crippen MR) is 67.7 cm³/mol. The third-order valence-corrected chi connectivity index (χ3v) is 2.67. The topological polar surface area (TPSA) is 105 Å². The summed E-state index contributed by atoms with van der Waals surface area (Å²) in [5.74, 6) is -1.50. The smallest absolute Gasteiger partial charge is 0.339 e. The van der Waals surface area contributed by atoms with Gasteiger partial charge in [0.05, 0.1) is 5.41 Å². The number of aromatic nitrogens is 1. The van der Waals surface area contributed by atoms with Crippen LogP contribution >= 0.6 is 11.6 Å². The zero-order valence-electron chi connectivity index (χ0n) is 10.0. The fourth-order valence-electron chi connectivity index (χ4n) is 1.13. The van der Waals surface area contributed by atoms with E-state index < -0.39 is 17.3 Å². The van der Waals surface area contributed by atoms with Crippen LogP contribution in [0.3, 0.4) is 0 Å². The predicted octanol–water partition coefficient (Wildman–Crippen LogP) is 1.36. The summed E-state index contributed by atoms with van der Waals surface area (Å²) in [6.45, 7) is 3.45. The molecule has 0 spiro atoms. The molecule has 6 nitrogen and oxygen atoms in total. The maximum Gasteiger partial charge on any atom is 0.339 e. The number of primary amides is 1. The number of carboxylic acids is 1. The monoisotopic (exact) mass is 271 g/mol. The van der Waals surface area contributed by atoms with E-state index >= 15 is 0 Å². The second kappa shape index (κ2) is 5.22. The fraction of sp³-hybridized carbons (Fsp3) is 0.364. The van der Waals surface area contributed by atoms with Crippen molar-refractivity contribution in [3.63, 3.8) is 0 Å². The van der Waals surface area contributed by atoms with E-state index in [9.17, 15) is 9.59 Å². The average Bonchev–Trinajstić information content (AvgIpc) is 2.26. The van der Waals surface area contributed by atoms with Crippen molar-refractivity contribution >= 4 is 29.3 Å². The summed E-state index contributed by atoms with van der Waals surface area (Å²) in [6.07, 6.45) is 0. The Labute approximate surface area is 109 Å². The third-order valence-electron chi connectivity index (χ3n) is 2.46. The van der Waals surface area contributed by atoms with Crippen molar-refractivity contribution in [1.29, 1.82) is 0 Å². The molecule has 1 aromatic heterocycles. The van der Waals surface area contributed by atoms with E-state index in [1.807, 2.05) is 0 Å². The number of anilines is 1. The summed E-state index contributed by atoms with van der Waals surface area (Å²) in [4.78, 5) is 26.0. The van der Waals surface area contributed by atoms with Crippen LogP contribution in [-0.4, -0.2) is 28.5 Å². The molecule has 0 atom stereocenters. The molecular formula is C11H14ClN3O3. The number of halogens is 1. The van der Waals surface area contributed by atoms with Gasteiger partial charge in [-0.25, -0.2) is 9.78 Å². The highest BCUT2D eigenvalue weighted by Gasteiger charge is 2.25. The van der Waals surface area contributed by atoms with Crippen LogP contribution in [0.25, 0.3) is 0 Å². The van der Waals surface area contributed by atoms with Crippen LogP contribution in [0.4, 0.5) is 5.82 Å². The number of amides is 1. The highest BCUT2D eigenvalue weighted by Crippen LogP contribution is 2.20. The Morgan fingerprint density at radius 1 is 1.50 bits per heavy atom. The van der Waals surface area contributed by atoms with Crippen molar-refractivity contribution in [2.45, 2.75) is 13.8 Å². The zero-order chi connectivity index (χ0) is 13.9. The Balaban J connectivity index is 2.94. The van der Waals surface area contributed by atoms with E-state index in [1.165, 1.54) is 12.1 Å². The maximum absolute atomic E-state index is 11.1. The lowest BCUT2D eigenvalue weighted by Gasteiger charge is -2.21. The molecule has 98 valence electrons. The molecule has 4 N–H and O–H groups in total. The van der Waals surface area contributed by atoms with Gasteiger partial charge in [-0.3, -0.25) is 4.79 Å². The van der Waals surface area contributed by atoms with E-state index in [-0.39, 0.29) is 23.1 Å². The molecule has 0 saturated carbocycles. The lowest BCUT2D eigenvalue weighted by Crippen LogP contribution is -2.37. The van der Waals surface area contributed by atoms with Gasteiger partial charge in [0.15, 0.2) is 0 Å². The van der Waals surface area contributed by atoms with Gasteiger partial charge in [-0.2, -0.15) is 0 Å². The first-order valence-corrected chi connectivity index (χ1v) is 5.55. The van der Waals surface area contributed by atoms with Gasteiger partial charge in [0.2, 0.25) is 5.91 Å². The van der Waals surface area contributed by atoms with Crippen molar-refractivity contribution in [3.05, 3.63) is 22.8 Å². The molecule has 1 heterocycles. The summed E-state index contributed by atoms with van der Waals surface area (Å²) in [7, 11) is 0. The number of pyridine rings is 1. The van der Waals surface area contributed by atoms with Crippen molar-refractivity contribution in [3.8, 4) is 0 Å². The molecule has 0 aliphatic carbocycles. The number of rotatable bonds is 5. The number of carboxylic acid groups (broad SMARTS) is 1. The molecule has 1 amide bonds. The summed E-state index contributed by atoms with van der Waals surface area (Å²) in [5, 5.41) is 11.9. The van der Waals surface area contributed by atoms with Crippen molar-refractivity contribution in [2.24, 2.45) is 11.1 Å². The molecule has 1 aromatic rings. The lowest BCUT2D eigenvalue weighted by molar-refractivity contribution is -0.125. The fourth-order valence-corrected chi connectivity index (χ4v) is 1.28. The molecule has 0 aliphatic heterocycles. The minimum absolute atomic E-state index is 0.0142. The Morgan fingerprint density at radius 2 is 2.11 bits per heavy atom. The first kappa shape index (κ1) is 14.2. The van der Waals surface area contributed by atoms with Gasteiger partial charge < -0.3 is 16.2 Å². The highest BCUT2D eigenvalue weighted by atomic mass is 35.5. The van der Waals surface area contributed by atoms with Crippen LogP contribution in [-0.2, 0) is 4.79 Å². The number of nitrogens with one attached hydrogen (secondary N) is 1. The van der Waals surface area contributed by atoms with Crippen LogP contribution in [0.5, 0.6) is 0 Å². The first-order valence-electron chi connectivity index (χ1n) is 5.17. The molecule has 0 radical (unpaired) electrons. The van der Waals surface area contributed by atoms with Crippen molar-refractivity contribution < 1.29 is 14.7 Å². The molecule has 0 aromatic carbocycles. The number of carbonyl (C=O) groups excluding carboxylic acids is 1.